The Morgan fingerprint density at radius 1 is 0.875 bits per heavy atom. The monoisotopic (exact) mass is 263 g/mol. The van der Waals surface area contributed by atoms with Crippen molar-refractivity contribution in [2.45, 2.75) is 18.7 Å². The van der Waals surface area contributed by atoms with Gasteiger partial charge in [-0.3, -0.25) is 0 Å². The molecule has 0 saturated carbocycles. The highest BCUT2D eigenvalue weighted by molar-refractivity contribution is 8.45. The lowest BCUT2D eigenvalue weighted by Crippen LogP contribution is -2.05. The molecule has 1 nitrogen and oxygen atoms in total. The van der Waals surface area contributed by atoms with Gasteiger partial charge in [0.2, 0.25) is 0 Å². The van der Waals surface area contributed by atoms with Crippen LogP contribution < -0.4 is 5.32 Å². The maximum Gasteiger partial charge on any atom is 0.310 e. The molecule has 0 unspecified atom stereocenters. The lowest BCUT2D eigenvalue weighted by atomic mass is 10.3. The van der Waals surface area contributed by atoms with Crippen LogP contribution in [0.4, 0.5) is 25.1 Å². The Bertz CT molecular complexity index is 341. The van der Waals surface area contributed by atoms with Crippen LogP contribution in [0.3, 0.4) is 0 Å². The second-order valence-electron chi connectivity index (χ2n) is 2.74. The van der Waals surface area contributed by atoms with Crippen LogP contribution >= 0.6 is 10.2 Å². The summed E-state index contributed by atoms with van der Waals surface area (Å²) in [5, 5.41) is 2.53. The van der Waals surface area contributed by atoms with Crippen LogP contribution in [0.25, 0.3) is 0 Å². The molecule has 0 aliphatic heterocycles. The second-order valence-corrected chi connectivity index (χ2v) is 5.15. The molecule has 0 aliphatic carbocycles. The fraction of sp³-hybridized carbons (Fsp3) is 0.333. The molecule has 1 aromatic carbocycles. The van der Waals surface area contributed by atoms with Crippen molar-refractivity contribution in [3.63, 3.8) is 0 Å². The van der Waals surface area contributed by atoms with E-state index in [-0.39, 0.29) is 0 Å². The van der Waals surface area contributed by atoms with Gasteiger partial charge < -0.3 is 5.32 Å². The van der Waals surface area contributed by atoms with Crippen LogP contribution in [0.5, 0.6) is 0 Å². The number of hydrogen-bond acceptors (Lipinski definition) is 1. The molecule has 0 spiro atoms. The largest absolute Gasteiger partial charge is 0.388 e. The molecule has 0 aromatic heterocycles. The molecular weight excluding hydrogens is 249 g/mol. The van der Waals surface area contributed by atoms with Crippen molar-refractivity contribution in [2.24, 2.45) is 0 Å². The number of rotatable bonds is 2. The average molecular weight is 263 g/mol. The highest BCUT2D eigenvalue weighted by atomic mass is 32.5. The van der Waals surface area contributed by atoms with E-state index in [2.05, 4.69) is 5.32 Å². The summed E-state index contributed by atoms with van der Waals surface area (Å²) in [5.74, 6) is 0. The smallest absolute Gasteiger partial charge is 0.310 e. The van der Waals surface area contributed by atoms with Gasteiger partial charge in [-0.1, -0.05) is 33.3 Å². The van der Waals surface area contributed by atoms with E-state index < -0.39 is 15.1 Å². The lowest BCUT2D eigenvalue weighted by molar-refractivity contribution is 0.364. The summed E-state index contributed by atoms with van der Waals surface area (Å²) in [6.45, 7) is 4.00. The van der Waals surface area contributed by atoms with Gasteiger partial charge in [0.15, 0.2) is 0 Å². The summed E-state index contributed by atoms with van der Waals surface area (Å²) in [6.07, 6.45) is 0. The molecule has 0 radical (unpaired) electrons. The molecule has 1 rings (SSSR count). The Morgan fingerprint density at radius 2 is 1.25 bits per heavy atom. The molecule has 0 fully saturated rings. The summed E-state index contributed by atoms with van der Waals surface area (Å²) in [6, 6.07) is 2.64. The van der Waals surface area contributed by atoms with Gasteiger partial charge in [0.1, 0.15) is 4.90 Å². The van der Waals surface area contributed by atoms with E-state index in [1.165, 1.54) is 7.05 Å². The van der Waals surface area contributed by atoms with Gasteiger partial charge in [-0.2, -0.15) is 0 Å². The molecule has 1 N–H and O–H groups in total. The number of nitrogens with one attached hydrogen (secondary N) is 1. The Morgan fingerprint density at radius 3 is 1.50 bits per heavy atom. The molecule has 0 heterocycles. The summed E-state index contributed by atoms with van der Waals surface area (Å²) in [4.78, 5) is -1.87. The van der Waals surface area contributed by atoms with Crippen LogP contribution in [-0.4, -0.2) is 7.05 Å². The first kappa shape index (κ1) is 15.0. The van der Waals surface area contributed by atoms with Gasteiger partial charge in [-0.25, -0.2) is 0 Å². The van der Waals surface area contributed by atoms with E-state index in [1.807, 2.05) is 13.8 Å². The van der Waals surface area contributed by atoms with E-state index in [9.17, 15) is 19.4 Å². The first-order chi connectivity index (χ1) is 7.03. The van der Waals surface area contributed by atoms with Crippen LogP contribution in [0.15, 0.2) is 29.2 Å². The molecule has 0 saturated heterocycles. The third-order valence-electron chi connectivity index (χ3n) is 1.59. The van der Waals surface area contributed by atoms with Crippen molar-refractivity contribution in [3.8, 4) is 0 Å². The highest BCUT2D eigenvalue weighted by Gasteiger charge is 2.65. The summed E-state index contributed by atoms with van der Waals surface area (Å²) >= 11 is 0. The molecule has 96 valence electrons. The van der Waals surface area contributed by atoms with Crippen LogP contribution in [-0.2, 0) is 0 Å². The minimum atomic E-state index is -9.49. The molecule has 0 aliphatic rings. The van der Waals surface area contributed by atoms with Crippen molar-refractivity contribution in [1.82, 2.24) is 0 Å². The minimum Gasteiger partial charge on any atom is -0.388 e. The maximum atomic E-state index is 12.2. The molecular formula is C9H14F5NS. The van der Waals surface area contributed by atoms with Gasteiger partial charge in [0, 0.05) is 12.7 Å². The summed E-state index contributed by atoms with van der Waals surface area (Å²) in [5.41, 5.74) is 0.343. The SMILES string of the molecule is CC.CNc1ccc(S(F)(F)(F)(F)F)cc1. The second kappa shape index (κ2) is 3.80. The Kier molecular flexibility index (Phi) is 3.56. The molecule has 1 aromatic rings. The Balaban J connectivity index is 0.00000106. The van der Waals surface area contributed by atoms with Crippen LogP contribution in [0.1, 0.15) is 13.8 Å². The summed E-state index contributed by atoms with van der Waals surface area (Å²) in [7, 11) is -8.01. The molecule has 7 heteroatoms. The Hall–Kier alpha value is -0.980. The van der Waals surface area contributed by atoms with Crippen molar-refractivity contribution in [2.75, 3.05) is 12.4 Å². The fourth-order valence-electron chi connectivity index (χ4n) is 0.879. The zero-order valence-corrected chi connectivity index (χ0v) is 9.92. The number of hydrogen-bond donors (Lipinski definition) is 1. The van der Waals surface area contributed by atoms with Gasteiger partial charge in [-0.05, 0) is 24.3 Å². The van der Waals surface area contributed by atoms with Crippen LogP contribution in [0.2, 0.25) is 0 Å². The van der Waals surface area contributed by atoms with Crippen molar-refractivity contribution >= 4 is 15.9 Å². The van der Waals surface area contributed by atoms with Crippen LogP contribution in [0, 0.1) is 0 Å². The van der Waals surface area contributed by atoms with Gasteiger partial charge in [0.05, 0.1) is 0 Å². The highest BCUT2D eigenvalue weighted by Crippen LogP contribution is 3.02. The zero-order valence-electron chi connectivity index (χ0n) is 9.11. The van der Waals surface area contributed by atoms with Crippen molar-refractivity contribution in [1.29, 1.82) is 0 Å². The first-order valence-corrected chi connectivity index (χ1v) is 6.50. The lowest BCUT2D eigenvalue weighted by Gasteiger charge is -2.40. The number of halogens is 5. The van der Waals surface area contributed by atoms with E-state index in [4.69, 9.17) is 0 Å². The third kappa shape index (κ3) is 4.26. The van der Waals surface area contributed by atoms with Crippen molar-refractivity contribution in [3.05, 3.63) is 24.3 Å². The normalized spacial score (nSPS) is 15.2. The van der Waals surface area contributed by atoms with E-state index in [0.29, 0.717) is 17.8 Å². The minimum absolute atomic E-state index is 0.343. The number of benzene rings is 1. The predicted octanol–water partition coefficient (Wildman–Crippen LogP) is 5.41. The van der Waals surface area contributed by atoms with E-state index in [0.717, 1.165) is 12.1 Å². The van der Waals surface area contributed by atoms with Gasteiger partial charge >= 0.3 is 10.2 Å². The first-order valence-electron chi connectivity index (χ1n) is 4.55. The third-order valence-corrected chi connectivity index (χ3v) is 2.75. The Labute approximate surface area is 91.4 Å². The standard InChI is InChI=1S/C7H8F5NS.C2H6/c1-13-6-2-4-7(5-3-6)14(8,9,10,11)12;1-2/h2-5,13H,1H3;1-2H3. The molecule has 0 amide bonds. The number of anilines is 1. The maximum absolute atomic E-state index is 12.2. The zero-order chi connectivity index (χ0) is 13.1. The quantitative estimate of drug-likeness (QED) is 0.703. The van der Waals surface area contributed by atoms with E-state index >= 15 is 0 Å². The summed E-state index contributed by atoms with van der Waals surface area (Å²) < 4.78 is 60.8. The topological polar surface area (TPSA) is 12.0 Å². The molecule has 0 atom stereocenters. The van der Waals surface area contributed by atoms with E-state index in [1.54, 1.807) is 0 Å². The van der Waals surface area contributed by atoms with Crippen molar-refractivity contribution < 1.29 is 19.4 Å². The molecule has 16 heavy (non-hydrogen) atoms. The van der Waals surface area contributed by atoms with Gasteiger partial charge in [-0.15, -0.1) is 0 Å². The fourth-order valence-corrected chi connectivity index (χ4v) is 1.53. The molecule has 0 bridgehead atoms. The average Bonchev–Trinajstić information content (AvgIpc) is 2.18. The predicted molar refractivity (Wildman–Crippen MR) is 58.7 cm³/mol. The van der Waals surface area contributed by atoms with Gasteiger partial charge in [0.25, 0.3) is 0 Å².